The van der Waals surface area contributed by atoms with E-state index in [2.05, 4.69) is 20.3 Å². The number of para-hydroxylation sites is 1. The number of anilines is 1. The summed E-state index contributed by atoms with van der Waals surface area (Å²) in [7, 11) is 0. The molecule has 0 radical (unpaired) electrons. The quantitative estimate of drug-likeness (QED) is 0.537. The first-order valence-electron chi connectivity index (χ1n) is 8.55. The fourth-order valence-electron chi connectivity index (χ4n) is 2.84. The van der Waals surface area contributed by atoms with Crippen molar-refractivity contribution in [1.82, 2.24) is 15.0 Å². The smallest absolute Gasteiger partial charge is 0.162 e. The zero-order valence-electron chi connectivity index (χ0n) is 14.4. The van der Waals surface area contributed by atoms with Crippen molar-refractivity contribution in [2.75, 3.05) is 11.9 Å². The molecule has 0 aliphatic rings. The average Bonchev–Trinajstić information content (AvgIpc) is 2.72. The van der Waals surface area contributed by atoms with Crippen LogP contribution in [-0.2, 0) is 0 Å². The van der Waals surface area contributed by atoms with Crippen molar-refractivity contribution in [3.8, 4) is 11.4 Å². The normalized spacial score (nSPS) is 12.1. The second-order valence-electron chi connectivity index (χ2n) is 6.10. The lowest BCUT2D eigenvalue weighted by Gasteiger charge is -2.15. The van der Waals surface area contributed by atoms with Gasteiger partial charge in [-0.25, -0.2) is 9.97 Å². The molecule has 5 nitrogen and oxygen atoms in total. The van der Waals surface area contributed by atoms with Crippen molar-refractivity contribution >= 4 is 28.3 Å². The molecule has 1 atom stereocenters. The summed E-state index contributed by atoms with van der Waals surface area (Å²) in [5.74, 6) is 1.29. The largest absolute Gasteiger partial charge is 0.387 e. The van der Waals surface area contributed by atoms with Gasteiger partial charge in [0.15, 0.2) is 5.82 Å². The number of hydrogen-bond acceptors (Lipinski definition) is 5. The van der Waals surface area contributed by atoms with Crippen LogP contribution in [0.25, 0.3) is 22.3 Å². The van der Waals surface area contributed by atoms with E-state index in [1.807, 2.05) is 48.5 Å². The van der Waals surface area contributed by atoms with Crippen LogP contribution in [0.4, 0.5) is 5.82 Å². The molecule has 0 spiro atoms. The minimum absolute atomic E-state index is 0.318. The number of pyridine rings is 1. The minimum Gasteiger partial charge on any atom is -0.387 e. The fraction of sp³-hybridized carbons (Fsp3) is 0.0952. The molecule has 2 heterocycles. The van der Waals surface area contributed by atoms with Crippen LogP contribution in [0, 0.1) is 0 Å². The molecule has 6 heteroatoms. The Morgan fingerprint density at radius 3 is 2.44 bits per heavy atom. The molecule has 0 aliphatic carbocycles. The van der Waals surface area contributed by atoms with Gasteiger partial charge in [0.1, 0.15) is 5.82 Å². The lowest BCUT2D eigenvalue weighted by molar-refractivity contribution is 0.191. The highest BCUT2D eigenvalue weighted by Crippen LogP contribution is 2.25. The van der Waals surface area contributed by atoms with Crippen molar-refractivity contribution in [2.45, 2.75) is 6.10 Å². The second kappa shape index (κ2) is 7.70. The molecule has 0 saturated heterocycles. The van der Waals surface area contributed by atoms with Crippen LogP contribution in [0.2, 0.25) is 5.02 Å². The maximum atomic E-state index is 10.5. The van der Waals surface area contributed by atoms with Gasteiger partial charge in [-0.2, -0.15) is 0 Å². The fourth-order valence-corrected chi connectivity index (χ4v) is 2.96. The molecule has 4 rings (SSSR count). The van der Waals surface area contributed by atoms with E-state index < -0.39 is 6.10 Å². The molecule has 0 amide bonds. The summed E-state index contributed by atoms with van der Waals surface area (Å²) in [4.78, 5) is 13.4. The molecular formula is C21H17ClN4O. The van der Waals surface area contributed by atoms with Gasteiger partial charge in [0.2, 0.25) is 0 Å². The molecule has 0 fully saturated rings. The lowest BCUT2D eigenvalue weighted by atomic mass is 10.1. The Balaban J connectivity index is 1.65. The van der Waals surface area contributed by atoms with Crippen LogP contribution >= 0.6 is 11.6 Å². The summed E-state index contributed by atoms with van der Waals surface area (Å²) >= 11 is 5.91. The van der Waals surface area contributed by atoms with E-state index >= 15 is 0 Å². The summed E-state index contributed by atoms with van der Waals surface area (Å²) < 4.78 is 0. The molecule has 0 saturated carbocycles. The highest BCUT2D eigenvalue weighted by atomic mass is 35.5. The molecule has 0 bridgehead atoms. The van der Waals surface area contributed by atoms with E-state index in [4.69, 9.17) is 11.6 Å². The maximum Gasteiger partial charge on any atom is 0.162 e. The third-order valence-electron chi connectivity index (χ3n) is 4.26. The molecule has 2 N–H and O–H groups in total. The average molecular weight is 377 g/mol. The van der Waals surface area contributed by atoms with Gasteiger partial charge in [0.25, 0.3) is 0 Å². The van der Waals surface area contributed by atoms with Crippen LogP contribution in [0.3, 0.4) is 0 Å². The van der Waals surface area contributed by atoms with E-state index in [1.165, 1.54) is 0 Å². The number of hydrogen-bond donors (Lipinski definition) is 2. The van der Waals surface area contributed by atoms with Gasteiger partial charge in [0, 0.05) is 34.9 Å². The number of rotatable bonds is 5. The first-order valence-corrected chi connectivity index (χ1v) is 8.93. The number of aliphatic hydroxyl groups is 1. The van der Waals surface area contributed by atoms with Crippen LogP contribution in [0.1, 0.15) is 11.7 Å². The zero-order valence-corrected chi connectivity index (χ0v) is 15.1. The lowest BCUT2D eigenvalue weighted by Crippen LogP contribution is -2.13. The number of nitrogens with zero attached hydrogens (tertiary/aromatic N) is 3. The van der Waals surface area contributed by atoms with Gasteiger partial charge in [-0.1, -0.05) is 35.9 Å². The third-order valence-corrected chi connectivity index (χ3v) is 4.51. The van der Waals surface area contributed by atoms with Crippen molar-refractivity contribution in [2.24, 2.45) is 0 Å². The van der Waals surface area contributed by atoms with Gasteiger partial charge < -0.3 is 10.4 Å². The third kappa shape index (κ3) is 3.89. The molecule has 0 aliphatic heterocycles. The second-order valence-corrected chi connectivity index (χ2v) is 6.53. The van der Waals surface area contributed by atoms with Crippen LogP contribution in [0.5, 0.6) is 0 Å². The number of benzene rings is 2. The SMILES string of the molecule is O[C@H](CNc1nc(-c2ccncc2)nc2ccccc12)c1ccc(Cl)cc1. The Morgan fingerprint density at radius 1 is 0.926 bits per heavy atom. The van der Waals surface area contributed by atoms with Crippen LogP contribution < -0.4 is 5.32 Å². The maximum absolute atomic E-state index is 10.5. The molecule has 27 heavy (non-hydrogen) atoms. The summed E-state index contributed by atoms with van der Waals surface area (Å²) in [5, 5.41) is 15.3. The van der Waals surface area contributed by atoms with Crippen LogP contribution in [-0.4, -0.2) is 26.6 Å². The topological polar surface area (TPSA) is 70.9 Å². The van der Waals surface area contributed by atoms with Crippen molar-refractivity contribution < 1.29 is 5.11 Å². The predicted molar refractivity (Wildman–Crippen MR) is 108 cm³/mol. The summed E-state index contributed by atoms with van der Waals surface area (Å²) in [5.41, 5.74) is 2.51. The molecule has 134 valence electrons. The van der Waals surface area contributed by atoms with Gasteiger partial charge in [-0.15, -0.1) is 0 Å². The molecule has 2 aromatic heterocycles. The van der Waals surface area contributed by atoms with E-state index in [0.717, 1.165) is 22.0 Å². The van der Waals surface area contributed by atoms with Gasteiger partial charge in [0.05, 0.1) is 11.6 Å². The molecule has 0 unspecified atom stereocenters. The van der Waals surface area contributed by atoms with E-state index in [0.29, 0.717) is 23.2 Å². The Morgan fingerprint density at radius 2 is 1.67 bits per heavy atom. The monoisotopic (exact) mass is 376 g/mol. The van der Waals surface area contributed by atoms with Gasteiger partial charge in [-0.3, -0.25) is 4.98 Å². The highest BCUT2D eigenvalue weighted by molar-refractivity contribution is 6.30. The van der Waals surface area contributed by atoms with Crippen molar-refractivity contribution in [3.05, 3.63) is 83.6 Å². The number of aromatic nitrogens is 3. The Kier molecular flexibility index (Phi) is 4.96. The molecular weight excluding hydrogens is 360 g/mol. The molecule has 2 aromatic carbocycles. The standard InChI is InChI=1S/C21H17ClN4O/c22-16-7-5-14(6-8-16)19(27)13-24-21-17-3-1-2-4-18(17)25-20(26-21)15-9-11-23-12-10-15/h1-12,19,27H,13H2,(H,24,25,26)/t19-/m1/s1. The first-order chi connectivity index (χ1) is 13.2. The summed E-state index contributed by atoms with van der Waals surface area (Å²) in [6.45, 7) is 0.318. The van der Waals surface area contributed by atoms with E-state index in [1.54, 1.807) is 24.5 Å². The number of nitrogens with one attached hydrogen (secondary N) is 1. The molecule has 4 aromatic rings. The van der Waals surface area contributed by atoms with Crippen LogP contribution in [0.15, 0.2) is 73.1 Å². The zero-order chi connectivity index (χ0) is 18.6. The number of halogens is 1. The highest BCUT2D eigenvalue weighted by Gasteiger charge is 2.12. The van der Waals surface area contributed by atoms with Crippen molar-refractivity contribution in [1.29, 1.82) is 0 Å². The summed E-state index contributed by atoms with van der Waals surface area (Å²) in [6, 6.07) is 18.7. The van der Waals surface area contributed by atoms with E-state index in [9.17, 15) is 5.11 Å². The predicted octanol–water partition coefficient (Wildman–Crippen LogP) is 4.49. The Hall–Kier alpha value is -3.02. The van der Waals surface area contributed by atoms with Gasteiger partial charge in [-0.05, 0) is 42.0 Å². The Labute approximate surface area is 161 Å². The van der Waals surface area contributed by atoms with Crippen molar-refractivity contribution in [3.63, 3.8) is 0 Å². The van der Waals surface area contributed by atoms with Gasteiger partial charge >= 0.3 is 0 Å². The van der Waals surface area contributed by atoms with E-state index in [-0.39, 0.29) is 0 Å². The summed E-state index contributed by atoms with van der Waals surface area (Å²) in [6.07, 6.45) is 2.75. The first kappa shape index (κ1) is 17.4. The Bertz CT molecular complexity index is 1050. The number of aliphatic hydroxyl groups excluding tert-OH is 1. The number of fused-ring (bicyclic) bond motifs is 1. The minimum atomic E-state index is -0.680.